The molecule has 0 amide bonds. The molecule has 45 heavy (non-hydrogen) atoms. The number of nitrogens with zero attached hydrogens (tertiary/aromatic N) is 2. The SMILES string of the molecule is CN([C@H]1COC(C)(C)O[C@H]1c1ccccc1)[C@@](C#N)(c1ccc2c(c1)OCO2)[C@@H]1COC(=O)[C@H]1[C@@H](O)c1ccc2c(c1)OCO2. The Kier molecular flexibility index (Phi) is 7.33. The topological polar surface area (TPSA) is 129 Å². The molecule has 2 fully saturated rings. The third-order valence-corrected chi connectivity index (χ3v) is 9.25. The molecule has 0 unspecified atom stereocenters. The zero-order valence-electron chi connectivity index (χ0n) is 25.2. The van der Waals surface area contributed by atoms with Gasteiger partial charge in [-0.1, -0.05) is 42.5 Å². The van der Waals surface area contributed by atoms with Crippen LogP contribution >= 0.6 is 0 Å². The van der Waals surface area contributed by atoms with Crippen molar-refractivity contribution in [2.75, 3.05) is 33.8 Å². The van der Waals surface area contributed by atoms with E-state index in [0.29, 0.717) is 34.1 Å². The van der Waals surface area contributed by atoms with Gasteiger partial charge in [-0.05, 0) is 61.9 Å². The van der Waals surface area contributed by atoms with E-state index in [-0.39, 0.29) is 26.8 Å². The van der Waals surface area contributed by atoms with Gasteiger partial charge >= 0.3 is 5.97 Å². The summed E-state index contributed by atoms with van der Waals surface area (Å²) in [4.78, 5) is 15.4. The molecule has 4 aliphatic heterocycles. The molecule has 0 radical (unpaired) electrons. The van der Waals surface area contributed by atoms with Crippen molar-refractivity contribution in [2.24, 2.45) is 11.8 Å². The lowest BCUT2D eigenvalue weighted by Crippen LogP contribution is -2.60. The van der Waals surface area contributed by atoms with Crippen LogP contribution in [0.4, 0.5) is 0 Å². The molecule has 4 heterocycles. The van der Waals surface area contributed by atoms with Crippen molar-refractivity contribution in [1.29, 1.82) is 5.26 Å². The molecule has 6 atom stereocenters. The van der Waals surface area contributed by atoms with Crippen LogP contribution in [0, 0.1) is 23.2 Å². The third kappa shape index (κ3) is 4.94. The van der Waals surface area contributed by atoms with E-state index in [2.05, 4.69) is 6.07 Å². The Bertz CT molecular complexity index is 1640. The number of hydrogen-bond acceptors (Lipinski definition) is 11. The summed E-state index contributed by atoms with van der Waals surface area (Å²) >= 11 is 0. The molecule has 3 aromatic carbocycles. The standard InChI is InChI=1S/C34H34N2O9/c1-33(2)44-16-24(31(45-33)20-7-5-4-6-8-20)36(3)34(17-35,22-10-12-26-28(14-22)43-19-41-26)23-15-39-32(38)29(23)30(37)21-9-11-25-27(13-21)42-18-40-25/h4-14,23-24,29-31,37H,15-16,18-19H2,1-3H3/t23-,24+,29-,30+,31+,34+/m1/s1. The molecule has 0 aliphatic carbocycles. The van der Waals surface area contributed by atoms with Crippen LogP contribution in [0.15, 0.2) is 66.7 Å². The first-order chi connectivity index (χ1) is 21.7. The molecule has 0 saturated carbocycles. The Balaban J connectivity index is 1.35. The Morgan fingerprint density at radius 1 is 0.911 bits per heavy atom. The average molecular weight is 615 g/mol. The van der Waals surface area contributed by atoms with E-state index in [1.54, 1.807) is 36.4 Å². The van der Waals surface area contributed by atoms with Crippen molar-refractivity contribution in [2.45, 2.75) is 43.4 Å². The summed E-state index contributed by atoms with van der Waals surface area (Å²) in [6.45, 7) is 3.97. The van der Waals surface area contributed by atoms with Crippen molar-refractivity contribution < 1.29 is 43.1 Å². The van der Waals surface area contributed by atoms with Gasteiger partial charge in [0.15, 0.2) is 28.8 Å². The molecule has 2 saturated heterocycles. The maximum Gasteiger partial charge on any atom is 0.312 e. The third-order valence-electron chi connectivity index (χ3n) is 9.25. The number of hydrogen-bond donors (Lipinski definition) is 1. The van der Waals surface area contributed by atoms with Gasteiger partial charge in [-0.15, -0.1) is 0 Å². The molecule has 0 spiro atoms. The second-order valence-electron chi connectivity index (χ2n) is 12.1. The summed E-state index contributed by atoms with van der Waals surface area (Å²) in [6.07, 6.45) is -1.80. The average Bonchev–Trinajstić information content (AvgIpc) is 3.81. The number of carbonyl (C=O) groups is 1. The van der Waals surface area contributed by atoms with Crippen LogP contribution in [0.5, 0.6) is 23.0 Å². The fourth-order valence-corrected chi connectivity index (χ4v) is 6.91. The number of cyclic esters (lactones) is 1. The monoisotopic (exact) mass is 614 g/mol. The van der Waals surface area contributed by atoms with Gasteiger partial charge in [-0.2, -0.15) is 5.26 Å². The summed E-state index contributed by atoms with van der Waals surface area (Å²) in [7, 11) is 1.83. The van der Waals surface area contributed by atoms with E-state index in [9.17, 15) is 15.2 Å². The molecule has 3 aromatic rings. The highest BCUT2D eigenvalue weighted by Crippen LogP contribution is 2.51. The van der Waals surface area contributed by atoms with Crippen LogP contribution in [0.2, 0.25) is 0 Å². The fourth-order valence-electron chi connectivity index (χ4n) is 6.91. The molecule has 11 nitrogen and oxygen atoms in total. The minimum Gasteiger partial charge on any atom is -0.465 e. The highest BCUT2D eigenvalue weighted by Gasteiger charge is 2.59. The van der Waals surface area contributed by atoms with Gasteiger partial charge in [0.05, 0.1) is 37.3 Å². The molecular formula is C34H34N2O9. The van der Waals surface area contributed by atoms with E-state index in [1.165, 1.54) is 0 Å². The van der Waals surface area contributed by atoms with Gasteiger partial charge in [0.25, 0.3) is 0 Å². The Hall–Kier alpha value is -4.34. The molecule has 7 rings (SSSR count). The summed E-state index contributed by atoms with van der Waals surface area (Å²) in [6, 6.07) is 22.2. The van der Waals surface area contributed by atoms with E-state index in [1.807, 2.05) is 56.1 Å². The summed E-state index contributed by atoms with van der Waals surface area (Å²) in [5.41, 5.74) is 0.390. The lowest BCUT2D eigenvalue weighted by Gasteiger charge is -2.51. The molecule has 0 bridgehead atoms. The quantitative estimate of drug-likeness (QED) is 0.384. The molecule has 234 valence electrons. The summed E-state index contributed by atoms with van der Waals surface area (Å²) in [5, 5.41) is 23.2. The number of rotatable bonds is 7. The number of aliphatic hydroxyl groups is 1. The number of benzene rings is 3. The van der Waals surface area contributed by atoms with Gasteiger partial charge in [0, 0.05) is 5.92 Å². The largest absolute Gasteiger partial charge is 0.465 e. The Labute approximate surface area is 260 Å². The van der Waals surface area contributed by atoms with E-state index >= 15 is 0 Å². The van der Waals surface area contributed by atoms with Gasteiger partial charge in [-0.25, -0.2) is 0 Å². The van der Waals surface area contributed by atoms with Gasteiger partial charge in [-0.3, -0.25) is 9.69 Å². The summed E-state index contributed by atoms with van der Waals surface area (Å²) < 4.78 is 40.6. The van der Waals surface area contributed by atoms with Crippen LogP contribution in [-0.4, -0.2) is 61.7 Å². The van der Waals surface area contributed by atoms with Crippen LogP contribution in [0.3, 0.4) is 0 Å². The number of carbonyl (C=O) groups excluding carboxylic acids is 1. The fraction of sp³-hybridized carbons (Fsp3) is 0.412. The van der Waals surface area contributed by atoms with Crippen LogP contribution < -0.4 is 18.9 Å². The number of fused-ring (bicyclic) bond motifs is 2. The highest BCUT2D eigenvalue weighted by atomic mass is 16.7. The summed E-state index contributed by atoms with van der Waals surface area (Å²) in [5.74, 6) is -1.35. The minimum atomic E-state index is -1.53. The number of ether oxygens (including phenoxy) is 7. The van der Waals surface area contributed by atoms with Crippen molar-refractivity contribution >= 4 is 5.97 Å². The lowest BCUT2D eigenvalue weighted by molar-refractivity contribution is -0.301. The van der Waals surface area contributed by atoms with Crippen molar-refractivity contribution in [3.63, 3.8) is 0 Å². The zero-order valence-corrected chi connectivity index (χ0v) is 25.2. The number of nitriles is 1. The normalized spacial score (nSPS) is 26.6. The molecule has 4 aliphatic rings. The van der Waals surface area contributed by atoms with Gasteiger partial charge in [0.2, 0.25) is 13.6 Å². The van der Waals surface area contributed by atoms with Crippen LogP contribution in [-0.2, 0) is 24.5 Å². The molecule has 1 N–H and O–H groups in total. The molecule has 0 aromatic heterocycles. The maximum atomic E-state index is 13.5. The van der Waals surface area contributed by atoms with Gasteiger partial charge < -0.3 is 38.3 Å². The van der Waals surface area contributed by atoms with Crippen LogP contribution in [0.1, 0.15) is 42.7 Å². The minimum absolute atomic E-state index is 0.0557. The number of aliphatic hydroxyl groups excluding tert-OH is 1. The van der Waals surface area contributed by atoms with Crippen molar-refractivity contribution in [3.05, 3.63) is 83.4 Å². The van der Waals surface area contributed by atoms with Gasteiger partial charge in [0.1, 0.15) is 11.6 Å². The predicted molar refractivity (Wildman–Crippen MR) is 157 cm³/mol. The zero-order chi connectivity index (χ0) is 31.3. The molecular weight excluding hydrogens is 580 g/mol. The Morgan fingerprint density at radius 2 is 1.58 bits per heavy atom. The predicted octanol–water partition coefficient (Wildman–Crippen LogP) is 4.21. The molecule has 11 heteroatoms. The maximum absolute atomic E-state index is 13.5. The van der Waals surface area contributed by atoms with Crippen LogP contribution in [0.25, 0.3) is 0 Å². The first kappa shape index (κ1) is 29.4. The highest BCUT2D eigenvalue weighted by molar-refractivity contribution is 5.76. The first-order valence-electron chi connectivity index (χ1n) is 14.9. The van der Waals surface area contributed by atoms with E-state index in [4.69, 9.17) is 33.2 Å². The second kappa shape index (κ2) is 11.2. The number of esters is 1. The van der Waals surface area contributed by atoms with E-state index < -0.39 is 47.4 Å². The van der Waals surface area contributed by atoms with Crippen molar-refractivity contribution in [3.8, 4) is 29.1 Å². The lowest BCUT2D eigenvalue weighted by atomic mass is 9.69. The smallest absolute Gasteiger partial charge is 0.312 e. The second-order valence-corrected chi connectivity index (χ2v) is 12.1. The Morgan fingerprint density at radius 3 is 2.29 bits per heavy atom. The van der Waals surface area contributed by atoms with Crippen molar-refractivity contribution in [1.82, 2.24) is 4.90 Å². The first-order valence-corrected chi connectivity index (χ1v) is 14.9. The number of likely N-dealkylation sites (N-methyl/N-ethyl adjacent to an activating group) is 1. The van der Waals surface area contributed by atoms with E-state index in [0.717, 1.165) is 5.56 Å².